The second kappa shape index (κ2) is 8.15. The van der Waals surface area contributed by atoms with E-state index in [2.05, 4.69) is 57.3 Å². The molecular weight excluding hydrogens is 318 g/mol. The van der Waals surface area contributed by atoms with Crippen molar-refractivity contribution in [3.05, 3.63) is 58.7 Å². The molecule has 0 atom stereocenters. The average Bonchev–Trinajstić information content (AvgIpc) is 2.54. The highest BCUT2D eigenvalue weighted by Crippen LogP contribution is 2.26. The van der Waals surface area contributed by atoms with Gasteiger partial charge in [-0.15, -0.1) is 0 Å². The highest BCUT2D eigenvalue weighted by atomic mass is 32.1. The lowest BCUT2D eigenvalue weighted by Gasteiger charge is -2.16. The van der Waals surface area contributed by atoms with E-state index in [0.717, 1.165) is 22.6 Å². The number of methoxy groups -OCH3 is 1. The van der Waals surface area contributed by atoms with Gasteiger partial charge in [0.1, 0.15) is 12.4 Å². The summed E-state index contributed by atoms with van der Waals surface area (Å²) in [5.41, 5.74) is 5.60. The number of rotatable bonds is 5. The molecule has 2 rings (SSSR count). The topological polar surface area (TPSA) is 30.5 Å². The van der Waals surface area contributed by atoms with Gasteiger partial charge in [-0.05, 0) is 55.2 Å². The fraction of sp³-hybridized carbons (Fsp3) is 0.350. The number of hydrogen-bond acceptors (Lipinski definition) is 3. The van der Waals surface area contributed by atoms with Gasteiger partial charge in [0.15, 0.2) is 0 Å². The van der Waals surface area contributed by atoms with E-state index in [1.54, 1.807) is 7.11 Å². The van der Waals surface area contributed by atoms with Crippen molar-refractivity contribution in [2.45, 2.75) is 40.2 Å². The number of hydrogen-bond donors (Lipinski definition) is 1. The number of ether oxygens (including phenoxy) is 2. The van der Waals surface area contributed by atoms with E-state index in [4.69, 9.17) is 21.7 Å². The Kier molecular flexibility index (Phi) is 6.21. The van der Waals surface area contributed by atoms with Crippen LogP contribution in [0.4, 0.5) is 5.69 Å². The van der Waals surface area contributed by atoms with Crippen LogP contribution in [-0.2, 0) is 11.3 Å². The molecule has 3 nitrogen and oxygen atoms in total. The van der Waals surface area contributed by atoms with Crippen LogP contribution in [0.1, 0.15) is 42.0 Å². The SMILES string of the molecule is COC(=S)Nc1ccc(C(C)C)cc1COc1ccc(C)cc1C. The third kappa shape index (κ3) is 4.71. The van der Waals surface area contributed by atoms with Crippen molar-refractivity contribution in [2.75, 3.05) is 12.4 Å². The van der Waals surface area contributed by atoms with E-state index >= 15 is 0 Å². The van der Waals surface area contributed by atoms with Gasteiger partial charge in [-0.3, -0.25) is 0 Å². The first-order valence-electron chi connectivity index (χ1n) is 8.08. The molecule has 0 saturated heterocycles. The fourth-order valence-corrected chi connectivity index (χ4v) is 2.60. The Labute approximate surface area is 150 Å². The minimum absolute atomic E-state index is 0.347. The Hall–Kier alpha value is -2.07. The number of thiocarbonyl (C=S) groups is 1. The molecule has 0 unspecified atom stereocenters. The maximum absolute atomic E-state index is 6.04. The van der Waals surface area contributed by atoms with Crippen molar-refractivity contribution in [1.29, 1.82) is 0 Å². The lowest BCUT2D eigenvalue weighted by Crippen LogP contribution is -2.13. The minimum atomic E-state index is 0.347. The van der Waals surface area contributed by atoms with Gasteiger partial charge in [0.2, 0.25) is 0 Å². The molecule has 0 fully saturated rings. The van der Waals surface area contributed by atoms with E-state index in [1.807, 2.05) is 12.1 Å². The van der Waals surface area contributed by atoms with Crippen molar-refractivity contribution in [2.24, 2.45) is 0 Å². The Bertz CT molecular complexity index is 726. The molecule has 0 bridgehead atoms. The largest absolute Gasteiger partial charge is 0.489 e. The normalized spacial score (nSPS) is 10.6. The summed E-state index contributed by atoms with van der Waals surface area (Å²) in [5.74, 6) is 1.35. The Morgan fingerprint density at radius 1 is 1.12 bits per heavy atom. The predicted octanol–water partition coefficient (Wildman–Crippen LogP) is 5.35. The van der Waals surface area contributed by atoms with Crippen molar-refractivity contribution in [1.82, 2.24) is 0 Å². The summed E-state index contributed by atoms with van der Waals surface area (Å²) >= 11 is 5.12. The lowest BCUT2D eigenvalue weighted by atomic mass is 10.00. The molecule has 0 aromatic heterocycles. The number of aryl methyl sites for hydroxylation is 2. The van der Waals surface area contributed by atoms with E-state index in [1.165, 1.54) is 11.1 Å². The van der Waals surface area contributed by atoms with Crippen LogP contribution in [0.5, 0.6) is 5.75 Å². The number of anilines is 1. The molecule has 0 spiro atoms. The quantitative estimate of drug-likeness (QED) is 0.741. The third-order valence-corrected chi connectivity index (χ3v) is 4.20. The molecule has 0 aliphatic heterocycles. The summed E-state index contributed by atoms with van der Waals surface area (Å²) in [7, 11) is 1.56. The average molecular weight is 343 g/mol. The molecule has 128 valence electrons. The van der Waals surface area contributed by atoms with Gasteiger partial charge in [-0.25, -0.2) is 0 Å². The molecule has 1 N–H and O–H groups in total. The van der Waals surface area contributed by atoms with Crippen LogP contribution < -0.4 is 10.1 Å². The summed E-state index contributed by atoms with van der Waals surface area (Å²) in [6.45, 7) is 8.97. The first-order chi connectivity index (χ1) is 11.4. The van der Waals surface area contributed by atoms with Gasteiger partial charge in [0.05, 0.1) is 7.11 Å². The van der Waals surface area contributed by atoms with Crippen LogP contribution in [0.2, 0.25) is 0 Å². The molecule has 2 aromatic rings. The van der Waals surface area contributed by atoms with Gasteiger partial charge < -0.3 is 14.8 Å². The molecule has 0 radical (unpaired) electrons. The zero-order valence-corrected chi connectivity index (χ0v) is 15.8. The van der Waals surface area contributed by atoms with Gasteiger partial charge >= 0.3 is 0 Å². The van der Waals surface area contributed by atoms with Crippen LogP contribution >= 0.6 is 12.2 Å². The Balaban J connectivity index is 2.24. The summed E-state index contributed by atoms with van der Waals surface area (Å²) in [5, 5.41) is 3.46. The van der Waals surface area contributed by atoms with Gasteiger partial charge in [-0.2, -0.15) is 0 Å². The minimum Gasteiger partial charge on any atom is -0.489 e. The third-order valence-electron chi connectivity index (χ3n) is 3.93. The molecule has 0 aliphatic carbocycles. The van der Waals surface area contributed by atoms with Crippen LogP contribution in [0, 0.1) is 13.8 Å². The van der Waals surface area contributed by atoms with E-state index in [9.17, 15) is 0 Å². The molecule has 0 saturated carbocycles. The maximum Gasteiger partial charge on any atom is 0.260 e. The van der Waals surface area contributed by atoms with Gasteiger partial charge in [0, 0.05) is 11.3 Å². The molecular formula is C20H25NO2S. The van der Waals surface area contributed by atoms with Gasteiger partial charge in [0.25, 0.3) is 5.17 Å². The highest BCUT2D eigenvalue weighted by molar-refractivity contribution is 7.80. The number of benzene rings is 2. The maximum atomic E-state index is 6.04. The van der Waals surface area contributed by atoms with E-state index in [-0.39, 0.29) is 0 Å². The van der Waals surface area contributed by atoms with Crippen molar-refractivity contribution < 1.29 is 9.47 Å². The summed E-state index contributed by atoms with van der Waals surface area (Å²) in [6.07, 6.45) is 0. The summed E-state index contributed by atoms with van der Waals surface area (Å²) in [6, 6.07) is 12.5. The molecule has 0 amide bonds. The predicted molar refractivity (Wildman–Crippen MR) is 104 cm³/mol. The zero-order valence-electron chi connectivity index (χ0n) is 15.0. The Morgan fingerprint density at radius 3 is 2.50 bits per heavy atom. The number of nitrogens with one attached hydrogen (secondary N) is 1. The molecule has 0 aliphatic rings. The zero-order chi connectivity index (χ0) is 17.7. The van der Waals surface area contributed by atoms with Gasteiger partial charge in [-0.1, -0.05) is 43.7 Å². The van der Waals surface area contributed by atoms with Crippen LogP contribution in [0.25, 0.3) is 0 Å². The fourth-order valence-electron chi connectivity index (χ4n) is 2.49. The smallest absolute Gasteiger partial charge is 0.260 e. The highest BCUT2D eigenvalue weighted by Gasteiger charge is 2.10. The van der Waals surface area contributed by atoms with Crippen LogP contribution in [-0.4, -0.2) is 12.3 Å². The Morgan fingerprint density at radius 2 is 1.88 bits per heavy atom. The second-order valence-electron chi connectivity index (χ2n) is 6.25. The summed E-state index contributed by atoms with van der Waals surface area (Å²) < 4.78 is 11.1. The standard InChI is InChI=1S/C20H25NO2S/c1-13(2)16-7-8-18(21-20(24)22-5)17(11-16)12-23-19-9-6-14(3)10-15(19)4/h6-11,13H,12H2,1-5H3,(H,21,24). The molecule has 2 aromatic carbocycles. The first-order valence-corrected chi connectivity index (χ1v) is 8.49. The second-order valence-corrected chi connectivity index (χ2v) is 6.62. The first kappa shape index (κ1) is 18.3. The van der Waals surface area contributed by atoms with E-state index < -0.39 is 0 Å². The molecule has 4 heteroatoms. The molecule has 0 heterocycles. The van der Waals surface area contributed by atoms with Crippen LogP contribution in [0.15, 0.2) is 36.4 Å². The lowest BCUT2D eigenvalue weighted by molar-refractivity contribution is 0.304. The van der Waals surface area contributed by atoms with E-state index in [0.29, 0.717) is 17.7 Å². The van der Waals surface area contributed by atoms with Crippen molar-refractivity contribution in [3.63, 3.8) is 0 Å². The summed E-state index contributed by atoms with van der Waals surface area (Å²) in [4.78, 5) is 0. The van der Waals surface area contributed by atoms with Crippen molar-refractivity contribution in [3.8, 4) is 5.75 Å². The molecule has 24 heavy (non-hydrogen) atoms. The van der Waals surface area contributed by atoms with Crippen LogP contribution in [0.3, 0.4) is 0 Å². The van der Waals surface area contributed by atoms with Crippen molar-refractivity contribution >= 4 is 23.1 Å². The monoisotopic (exact) mass is 343 g/mol.